The van der Waals surface area contributed by atoms with E-state index >= 15 is 0 Å². The number of hydrazine groups is 1. The number of hydrogen-bond acceptors (Lipinski definition) is 5. The number of carbonyl (C=O) groups is 1. The van der Waals surface area contributed by atoms with Gasteiger partial charge in [-0.1, -0.05) is 72.4 Å². The Labute approximate surface area is 167 Å². The summed E-state index contributed by atoms with van der Waals surface area (Å²) in [6.07, 6.45) is 2.67. The summed E-state index contributed by atoms with van der Waals surface area (Å²) in [5.41, 5.74) is 5.42. The molecule has 2 aliphatic rings. The Bertz CT molecular complexity index is 1020. The Morgan fingerprint density at radius 3 is 2.50 bits per heavy atom. The number of benzene rings is 2. The minimum Gasteiger partial charge on any atom is -0.457 e. The van der Waals surface area contributed by atoms with Crippen LogP contribution in [-0.4, -0.2) is 22.6 Å². The Morgan fingerprint density at radius 1 is 1.00 bits per heavy atom. The highest BCUT2D eigenvalue weighted by molar-refractivity contribution is 8.05. The molecule has 3 heterocycles. The van der Waals surface area contributed by atoms with Gasteiger partial charge in [0.25, 0.3) is 5.91 Å². The maximum absolute atomic E-state index is 12.8. The van der Waals surface area contributed by atoms with Crippen LogP contribution in [0, 0.1) is 0 Å². The van der Waals surface area contributed by atoms with Gasteiger partial charge in [0.05, 0.1) is 11.1 Å². The molecule has 140 valence electrons. The lowest BCUT2D eigenvalue weighted by Crippen LogP contribution is -2.40. The molecule has 28 heavy (non-hydrogen) atoms. The van der Waals surface area contributed by atoms with Crippen LogP contribution in [-0.2, 0) is 11.2 Å². The van der Waals surface area contributed by atoms with Crippen molar-refractivity contribution in [3.8, 4) is 11.3 Å². The van der Waals surface area contributed by atoms with Gasteiger partial charge in [0, 0.05) is 18.1 Å². The summed E-state index contributed by atoms with van der Waals surface area (Å²) in [6.45, 7) is 0. The highest BCUT2D eigenvalue weighted by atomic mass is 32.2. The van der Waals surface area contributed by atoms with E-state index in [4.69, 9.17) is 4.42 Å². The number of carbonyl (C=O) groups excluding carboxylic acids is 1. The molecule has 0 radical (unpaired) electrons. The number of nitrogens with zero attached hydrogens (tertiary/aromatic N) is 1. The quantitative estimate of drug-likeness (QED) is 0.665. The fraction of sp³-hybridized carbons (Fsp3) is 0.136. The van der Waals surface area contributed by atoms with Crippen molar-refractivity contribution in [1.82, 2.24) is 15.8 Å². The molecular formula is C22H19N3O2S. The van der Waals surface area contributed by atoms with E-state index in [0.717, 1.165) is 17.7 Å². The smallest absolute Gasteiger partial charge is 0.276 e. The summed E-state index contributed by atoms with van der Waals surface area (Å²) in [6, 6.07) is 24.0. The minimum atomic E-state index is -0.101. The highest BCUT2D eigenvalue weighted by Crippen LogP contribution is 2.37. The van der Waals surface area contributed by atoms with E-state index in [2.05, 4.69) is 22.9 Å². The summed E-state index contributed by atoms with van der Waals surface area (Å²) in [4.78, 5) is 13.4. The molecule has 2 unspecified atom stereocenters. The largest absolute Gasteiger partial charge is 0.457 e. The Morgan fingerprint density at radius 2 is 1.75 bits per heavy atom. The van der Waals surface area contributed by atoms with Crippen molar-refractivity contribution in [2.45, 2.75) is 18.1 Å². The number of rotatable bonds is 4. The molecule has 0 saturated carbocycles. The topological polar surface area (TPSA) is 57.5 Å². The first-order chi connectivity index (χ1) is 13.8. The van der Waals surface area contributed by atoms with Crippen LogP contribution < -0.4 is 10.7 Å². The third-order valence-corrected chi connectivity index (χ3v) is 5.90. The van der Waals surface area contributed by atoms with Gasteiger partial charge in [-0.2, -0.15) is 0 Å². The maximum atomic E-state index is 12.8. The van der Waals surface area contributed by atoms with Crippen molar-refractivity contribution in [3.05, 3.63) is 89.0 Å². The van der Waals surface area contributed by atoms with E-state index in [1.807, 2.05) is 66.7 Å². The Kier molecular flexibility index (Phi) is 4.52. The molecule has 2 aromatic carbocycles. The molecule has 6 heteroatoms. The van der Waals surface area contributed by atoms with Crippen LogP contribution >= 0.6 is 11.8 Å². The molecule has 5 rings (SSSR count). The van der Waals surface area contributed by atoms with Gasteiger partial charge in [0.15, 0.2) is 5.50 Å². The molecule has 2 aliphatic heterocycles. The monoisotopic (exact) mass is 389 g/mol. The van der Waals surface area contributed by atoms with Crippen molar-refractivity contribution in [2.75, 3.05) is 0 Å². The van der Waals surface area contributed by atoms with Gasteiger partial charge in [-0.15, -0.1) is 0 Å². The third-order valence-electron chi connectivity index (χ3n) is 4.78. The molecule has 3 aromatic rings. The Balaban J connectivity index is 1.27. The first kappa shape index (κ1) is 17.3. The second-order valence-electron chi connectivity index (χ2n) is 6.76. The summed E-state index contributed by atoms with van der Waals surface area (Å²) in [5.74, 6) is 1.44. The van der Waals surface area contributed by atoms with E-state index < -0.39 is 0 Å². The molecule has 0 bridgehead atoms. The lowest BCUT2D eigenvalue weighted by molar-refractivity contribution is -0.127. The standard InChI is InChI=1S/C22H19N3O2S/c26-21-19(14-17-11-12-18(27-17)16-9-5-2-6-10-16)28-22-23-20(24-25(21)22)13-15-7-3-1-4-8-15/h1-12,14,20,22-24H,13H2/b19-14+. The van der Waals surface area contributed by atoms with Crippen molar-refractivity contribution in [3.63, 3.8) is 0 Å². The van der Waals surface area contributed by atoms with Crippen molar-refractivity contribution >= 4 is 23.7 Å². The summed E-state index contributed by atoms with van der Waals surface area (Å²) >= 11 is 1.51. The highest BCUT2D eigenvalue weighted by Gasteiger charge is 2.43. The number of nitrogens with one attached hydrogen (secondary N) is 2. The van der Waals surface area contributed by atoms with Crippen LogP contribution in [0.1, 0.15) is 11.3 Å². The van der Waals surface area contributed by atoms with Gasteiger partial charge in [0.1, 0.15) is 11.5 Å². The number of hydrogen-bond donors (Lipinski definition) is 2. The van der Waals surface area contributed by atoms with Crippen molar-refractivity contribution in [1.29, 1.82) is 0 Å². The van der Waals surface area contributed by atoms with E-state index in [-0.39, 0.29) is 17.6 Å². The molecule has 1 amide bonds. The van der Waals surface area contributed by atoms with Gasteiger partial charge in [-0.25, -0.2) is 10.4 Å². The van der Waals surface area contributed by atoms with Crippen LogP contribution in [0.3, 0.4) is 0 Å². The zero-order valence-corrected chi connectivity index (χ0v) is 15.9. The average molecular weight is 389 g/mol. The second-order valence-corrected chi connectivity index (χ2v) is 7.88. The minimum absolute atomic E-state index is 0.0317. The Hall–Kier alpha value is -2.80. The van der Waals surface area contributed by atoms with Crippen molar-refractivity contribution < 1.29 is 9.21 Å². The molecule has 2 N–H and O–H groups in total. The molecule has 2 fully saturated rings. The average Bonchev–Trinajstić information content (AvgIpc) is 3.42. The lowest BCUT2D eigenvalue weighted by atomic mass is 10.1. The maximum Gasteiger partial charge on any atom is 0.276 e. The fourth-order valence-corrected chi connectivity index (χ4v) is 4.55. The van der Waals surface area contributed by atoms with E-state index in [9.17, 15) is 4.79 Å². The second kappa shape index (κ2) is 7.31. The zero-order chi connectivity index (χ0) is 18.9. The zero-order valence-electron chi connectivity index (χ0n) is 15.0. The molecule has 1 aromatic heterocycles. The van der Waals surface area contributed by atoms with Gasteiger partial charge in [-0.05, 0) is 17.7 Å². The number of thioether (sulfide) groups is 1. The molecule has 2 saturated heterocycles. The van der Waals surface area contributed by atoms with E-state index in [1.54, 1.807) is 5.01 Å². The van der Waals surface area contributed by atoms with Gasteiger partial charge >= 0.3 is 0 Å². The molecular weight excluding hydrogens is 370 g/mol. The predicted molar refractivity (Wildman–Crippen MR) is 111 cm³/mol. The van der Waals surface area contributed by atoms with Crippen LogP contribution in [0.25, 0.3) is 17.4 Å². The predicted octanol–water partition coefficient (Wildman–Crippen LogP) is 3.82. The normalized spacial score (nSPS) is 22.8. The summed E-state index contributed by atoms with van der Waals surface area (Å²) < 4.78 is 5.90. The lowest BCUT2D eigenvalue weighted by Gasteiger charge is -2.13. The molecule has 0 aliphatic carbocycles. The van der Waals surface area contributed by atoms with Crippen LogP contribution in [0.15, 0.2) is 82.1 Å². The van der Waals surface area contributed by atoms with Crippen LogP contribution in [0.5, 0.6) is 0 Å². The SMILES string of the molecule is O=C1/C(=C\c2ccc(-c3ccccc3)o2)SC2NC(Cc3ccccc3)NN12. The fourth-order valence-electron chi connectivity index (χ4n) is 3.43. The van der Waals surface area contributed by atoms with Crippen molar-refractivity contribution in [2.24, 2.45) is 0 Å². The number of amides is 1. The first-order valence-corrected chi connectivity index (χ1v) is 10.1. The third kappa shape index (κ3) is 3.38. The molecule has 5 nitrogen and oxygen atoms in total. The number of fused-ring (bicyclic) bond motifs is 1. The summed E-state index contributed by atoms with van der Waals surface area (Å²) in [7, 11) is 0. The van der Waals surface area contributed by atoms with Gasteiger partial charge in [0.2, 0.25) is 0 Å². The van der Waals surface area contributed by atoms with Crippen LogP contribution in [0.4, 0.5) is 0 Å². The van der Waals surface area contributed by atoms with Crippen LogP contribution in [0.2, 0.25) is 0 Å². The van der Waals surface area contributed by atoms with Gasteiger partial charge < -0.3 is 4.42 Å². The van der Waals surface area contributed by atoms with E-state index in [1.165, 1.54) is 17.3 Å². The summed E-state index contributed by atoms with van der Waals surface area (Å²) in [5, 5.41) is 5.14. The van der Waals surface area contributed by atoms with Gasteiger partial charge in [-0.3, -0.25) is 10.1 Å². The number of furan rings is 1. The molecule has 0 spiro atoms. The molecule has 2 atom stereocenters. The van der Waals surface area contributed by atoms with E-state index in [0.29, 0.717) is 10.7 Å². The first-order valence-electron chi connectivity index (χ1n) is 9.19.